The van der Waals surface area contributed by atoms with Crippen molar-refractivity contribution in [3.8, 4) is 11.5 Å². The summed E-state index contributed by atoms with van der Waals surface area (Å²) in [6.07, 6.45) is 2.59. The van der Waals surface area contributed by atoms with E-state index in [-0.39, 0.29) is 18.5 Å². The average Bonchev–Trinajstić information content (AvgIpc) is 3.38. The summed E-state index contributed by atoms with van der Waals surface area (Å²) in [6.45, 7) is 2.11. The number of rotatable bonds is 7. The van der Waals surface area contributed by atoms with E-state index in [1.54, 1.807) is 6.92 Å². The number of benzene rings is 2. The van der Waals surface area contributed by atoms with Crippen LogP contribution in [0.5, 0.6) is 11.5 Å². The van der Waals surface area contributed by atoms with Crippen LogP contribution < -0.4 is 14.8 Å². The van der Waals surface area contributed by atoms with Gasteiger partial charge in [0.05, 0.1) is 5.75 Å². The van der Waals surface area contributed by atoms with Crippen LogP contribution in [0.4, 0.5) is 0 Å². The van der Waals surface area contributed by atoms with E-state index in [1.807, 2.05) is 24.3 Å². The van der Waals surface area contributed by atoms with Crippen LogP contribution in [0.1, 0.15) is 30.0 Å². The molecule has 1 N–H and O–H groups in total. The maximum atomic E-state index is 12.2. The van der Waals surface area contributed by atoms with Gasteiger partial charge in [0.2, 0.25) is 6.79 Å². The first-order chi connectivity index (χ1) is 14.1. The van der Waals surface area contributed by atoms with Crippen LogP contribution >= 0.6 is 11.8 Å². The first kappa shape index (κ1) is 19.6. The third kappa shape index (κ3) is 4.85. The SMILES string of the molecule is C[C@@H](OC(=O)CSc1ccc2c(c1)CCC2)C(=O)NCc1ccc2c(c1)OCO2. The standard InChI is InChI=1S/C22H23NO5S/c1-14(22(25)23-11-15-5-8-19-20(9-15)27-13-26-19)28-21(24)12-29-18-7-6-16-3-2-4-17(16)10-18/h5-10,14H,2-4,11-13H2,1H3,(H,23,25)/t14-/m1/s1. The van der Waals surface area contributed by atoms with Crippen molar-refractivity contribution >= 4 is 23.6 Å². The normalized spacial score (nSPS) is 14.9. The molecule has 2 aromatic rings. The molecule has 0 aromatic heterocycles. The molecule has 152 valence electrons. The van der Waals surface area contributed by atoms with E-state index in [0.717, 1.165) is 23.3 Å². The Morgan fingerprint density at radius 2 is 1.93 bits per heavy atom. The topological polar surface area (TPSA) is 73.9 Å². The number of carbonyl (C=O) groups is 2. The molecular weight excluding hydrogens is 390 g/mol. The maximum Gasteiger partial charge on any atom is 0.317 e. The molecule has 0 spiro atoms. The number of esters is 1. The molecule has 4 rings (SSSR count). The van der Waals surface area contributed by atoms with Crippen molar-refractivity contribution in [3.05, 3.63) is 53.1 Å². The zero-order valence-corrected chi connectivity index (χ0v) is 17.1. The van der Waals surface area contributed by atoms with Gasteiger partial charge in [-0.1, -0.05) is 12.1 Å². The number of nitrogens with one attached hydrogen (secondary N) is 1. The Balaban J connectivity index is 1.21. The molecule has 0 unspecified atom stereocenters. The summed E-state index contributed by atoms with van der Waals surface area (Å²) in [4.78, 5) is 25.4. The molecule has 1 amide bonds. The van der Waals surface area contributed by atoms with E-state index in [4.69, 9.17) is 14.2 Å². The molecule has 1 heterocycles. The molecule has 0 radical (unpaired) electrons. The van der Waals surface area contributed by atoms with Crippen LogP contribution in [0.3, 0.4) is 0 Å². The van der Waals surface area contributed by atoms with E-state index in [0.29, 0.717) is 18.0 Å². The van der Waals surface area contributed by atoms with Crippen LogP contribution in [0.2, 0.25) is 0 Å². The molecule has 1 aliphatic carbocycles. The number of carbonyl (C=O) groups excluding carboxylic acids is 2. The Hall–Kier alpha value is -2.67. The number of fused-ring (bicyclic) bond motifs is 2. The predicted molar refractivity (Wildman–Crippen MR) is 109 cm³/mol. The van der Waals surface area contributed by atoms with Crippen LogP contribution in [0, 0.1) is 0 Å². The van der Waals surface area contributed by atoms with Gasteiger partial charge in [-0.15, -0.1) is 11.8 Å². The molecule has 0 saturated carbocycles. The highest BCUT2D eigenvalue weighted by atomic mass is 32.2. The lowest BCUT2D eigenvalue weighted by Gasteiger charge is -2.14. The van der Waals surface area contributed by atoms with E-state index in [9.17, 15) is 9.59 Å². The van der Waals surface area contributed by atoms with Gasteiger partial charge in [0.15, 0.2) is 17.6 Å². The number of hydrogen-bond acceptors (Lipinski definition) is 6. The smallest absolute Gasteiger partial charge is 0.317 e. The summed E-state index contributed by atoms with van der Waals surface area (Å²) in [6, 6.07) is 11.8. The summed E-state index contributed by atoms with van der Waals surface area (Å²) in [7, 11) is 0. The van der Waals surface area contributed by atoms with Gasteiger partial charge in [0, 0.05) is 11.4 Å². The second kappa shape index (κ2) is 8.78. The van der Waals surface area contributed by atoms with Gasteiger partial charge in [0.25, 0.3) is 5.91 Å². The molecule has 0 bridgehead atoms. The van der Waals surface area contributed by atoms with E-state index in [2.05, 4.69) is 17.4 Å². The van der Waals surface area contributed by atoms with Crippen LogP contribution in [-0.4, -0.2) is 30.5 Å². The fourth-order valence-electron chi connectivity index (χ4n) is 3.45. The molecule has 2 aromatic carbocycles. The van der Waals surface area contributed by atoms with Crippen molar-refractivity contribution in [3.63, 3.8) is 0 Å². The van der Waals surface area contributed by atoms with Gasteiger partial charge in [-0.3, -0.25) is 9.59 Å². The number of hydrogen-bond donors (Lipinski definition) is 1. The molecule has 1 atom stereocenters. The van der Waals surface area contributed by atoms with Crippen molar-refractivity contribution in [2.75, 3.05) is 12.5 Å². The fraction of sp³-hybridized carbons (Fsp3) is 0.364. The second-order valence-electron chi connectivity index (χ2n) is 7.11. The summed E-state index contributed by atoms with van der Waals surface area (Å²) < 4.78 is 15.9. The molecule has 7 heteroatoms. The lowest BCUT2D eigenvalue weighted by Crippen LogP contribution is -2.35. The van der Waals surface area contributed by atoms with E-state index < -0.39 is 12.1 Å². The van der Waals surface area contributed by atoms with Crippen LogP contribution in [0.15, 0.2) is 41.3 Å². The van der Waals surface area contributed by atoms with Gasteiger partial charge in [-0.25, -0.2) is 0 Å². The highest BCUT2D eigenvalue weighted by Crippen LogP contribution is 2.32. The minimum absolute atomic E-state index is 0.179. The quantitative estimate of drug-likeness (QED) is 0.555. The van der Waals surface area contributed by atoms with Crippen molar-refractivity contribution < 1.29 is 23.8 Å². The van der Waals surface area contributed by atoms with Crippen molar-refractivity contribution in [2.45, 2.75) is 43.7 Å². The minimum atomic E-state index is -0.850. The number of aryl methyl sites for hydroxylation is 2. The zero-order valence-electron chi connectivity index (χ0n) is 16.2. The Morgan fingerprint density at radius 1 is 1.10 bits per heavy atom. The van der Waals surface area contributed by atoms with Gasteiger partial charge < -0.3 is 19.5 Å². The number of thioether (sulfide) groups is 1. The predicted octanol–water partition coefficient (Wildman–Crippen LogP) is 3.24. The monoisotopic (exact) mass is 413 g/mol. The largest absolute Gasteiger partial charge is 0.454 e. The Kier molecular flexibility index (Phi) is 5.94. The molecule has 0 saturated heterocycles. The van der Waals surface area contributed by atoms with Crippen LogP contribution in [0.25, 0.3) is 0 Å². The third-order valence-corrected chi connectivity index (χ3v) is 5.98. The summed E-state index contributed by atoms with van der Waals surface area (Å²) in [5, 5.41) is 2.78. The Labute approximate surface area is 173 Å². The van der Waals surface area contributed by atoms with Crippen molar-refractivity contribution in [2.24, 2.45) is 0 Å². The first-order valence-electron chi connectivity index (χ1n) is 9.69. The molecule has 0 fully saturated rings. The minimum Gasteiger partial charge on any atom is -0.454 e. The zero-order chi connectivity index (χ0) is 20.2. The van der Waals surface area contributed by atoms with E-state index in [1.165, 1.54) is 29.3 Å². The highest BCUT2D eigenvalue weighted by Gasteiger charge is 2.19. The lowest BCUT2D eigenvalue weighted by molar-refractivity contribution is -0.152. The first-order valence-corrected chi connectivity index (χ1v) is 10.7. The average molecular weight is 413 g/mol. The van der Waals surface area contributed by atoms with Gasteiger partial charge in [0.1, 0.15) is 0 Å². The van der Waals surface area contributed by atoms with Gasteiger partial charge in [-0.05, 0) is 67.1 Å². The molecule has 2 aliphatic rings. The number of ether oxygens (including phenoxy) is 3. The molecule has 6 nitrogen and oxygen atoms in total. The van der Waals surface area contributed by atoms with Crippen molar-refractivity contribution in [1.82, 2.24) is 5.32 Å². The third-order valence-electron chi connectivity index (χ3n) is 5.01. The van der Waals surface area contributed by atoms with E-state index >= 15 is 0 Å². The molecule has 29 heavy (non-hydrogen) atoms. The Bertz CT molecular complexity index is 929. The summed E-state index contributed by atoms with van der Waals surface area (Å²) in [5.74, 6) is 0.807. The van der Waals surface area contributed by atoms with Crippen LogP contribution in [-0.2, 0) is 33.7 Å². The second-order valence-corrected chi connectivity index (χ2v) is 8.16. The summed E-state index contributed by atoms with van der Waals surface area (Å²) >= 11 is 1.44. The maximum absolute atomic E-state index is 12.2. The lowest BCUT2D eigenvalue weighted by atomic mass is 10.1. The molecular formula is C22H23NO5S. The van der Waals surface area contributed by atoms with Gasteiger partial charge in [-0.2, -0.15) is 0 Å². The van der Waals surface area contributed by atoms with Crippen molar-refractivity contribution in [1.29, 1.82) is 0 Å². The van der Waals surface area contributed by atoms with Gasteiger partial charge >= 0.3 is 5.97 Å². The summed E-state index contributed by atoms with van der Waals surface area (Å²) in [5.41, 5.74) is 3.66. The molecule has 1 aliphatic heterocycles. The fourth-order valence-corrected chi connectivity index (χ4v) is 4.19. The number of amides is 1. The Morgan fingerprint density at radius 3 is 2.83 bits per heavy atom. The highest BCUT2D eigenvalue weighted by molar-refractivity contribution is 8.00.